The molecule has 1 nitrogen and oxygen atoms in total. The van der Waals surface area contributed by atoms with Crippen LogP contribution in [0, 0.1) is 11.3 Å². The van der Waals surface area contributed by atoms with Crippen LogP contribution in [-0.4, -0.2) is 12.7 Å². The van der Waals surface area contributed by atoms with Crippen molar-refractivity contribution in [1.82, 2.24) is 0 Å². The molecule has 2 atom stereocenters. The summed E-state index contributed by atoms with van der Waals surface area (Å²) in [6.45, 7) is 5.82. The van der Waals surface area contributed by atoms with E-state index in [0.29, 0.717) is 11.5 Å². The molecule has 0 bridgehead atoms. The van der Waals surface area contributed by atoms with Crippen LogP contribution in [0.1, 0.15) is 39.5 Å². The van der Waals surface area contributed by atoms with E-state index in [9.17, 15) is 0 Å². The van der Waals surface area contributed by atoms with Gasteiger partial charge in [0.15, 0.2) is 0 Å². The lowest BCUT2D eigenvalue weighted by molar-refractivity contribution is 0.153. The van der Waals surface area contributed by atoms with E-state index in [-0.39, 0.29) is 0 Å². The number of epoxide rings is 1. The fraction of sp³-hybridized carbons (Fsp3) is 1.00. The summed E-state index contributed by atoms with van der Waals surface area (Å²) >= 11 is 0. The summed E-state index contributed by atoms with van der Waals surface area (Å²) in [6, 6.07) is 0. The topological polar surface area (TPSA) is 12.5 Å². The maximum Gasteiger partial charge on any atom is 0.0838 e. The number of hydrogen-bond acceptors (Lipinski definition) is 1. The van der Waals surface area contributed by atoms with Gasteiger partial charge in [0.05, 0.1) is 12.7 Å². The van der Waals surface area contributed by atoms with Crippen LogP contribution in [0.2, 0.25) is 0 Å². The van der Waals surface area contributed by atoms with E-state index in [4.69, 9.17) is 4.74 Å². The third kappa shape index (κ3) is 1.76. The Morgan fingerprint density at radius 2 is 2.09 bits per heavy atom. The molecule has 0 radical (unpaired) electrons. The normalized spacial score (nSPS) is 42.0. The van der Waals surface area contributed by atoms with Gasteiger partial charge in [-0.2, -0.15) is 0 Å². The molecule has 1 unspecified atom stereocenters. The Labute approximate surface area is 69.1 Å². The third-order valence-corrected chi connectivity index (χ3v) is 3.13. The Kier molecular flexibility index (Phi) is 1.71. The predicted molar refractivity (Wildman–Crippen MR) is 45.5 cm³/mol. The molecule has 0 aromatic carbocycles. The van der Waals surface area contributed by atoms with Gasteiger partial charge in [0.1, 0.15) is 0 Å². The molecule has 0 aromatic heterocycles. The van der Waals surface area contributed by atoms with E-state index in [2.05, 4.69) is 13.8 Å². The summed E-state index contributed by atoms with van der Waals surface area (Å²) in [6.07, 6.45) is 6.27. The second kappa shape index (κ2) is 2.48. The SMILES string of the molecule is CC1(C)CCCC([C@@H]2CO2)C1. The van der Waals surface area contributed by atoms with Gasteiger partial charge in [0.25, 0.3) is 0 Å². The van der Waals surface area contributed by atoms with Gasteiger partial charge in [-0.05, 0) is 30.6 Å². The van der Waals surface area contributed by atoms with E-state index in [0.717, 1.165) is 12.5 Å². The van der Waals surface area contributed by atoms with Gasteiger partial charge in [-0.15, -0.1) is 0 Å². The second-order valence-corrected chi connectivity index (χ2v) is 4.89. The monoisotopic (exact) mass is 154 g/mol. The lowest BCUT2D eigenvalue weighted by Gasteiger charge is -2.34. The van der Waals surface area contributed by atoms with Crippen LogP contribution < -0.4 is 0 Å². The van der Waals surface area contributed by atoms with Crippen LogP contribution in [0.3, 0.4) is 0 Å². The zero-order valence-corrected chi connectivity index (χ0v) is 7.60. The van der Waals surface area contributed by atoms with Crippen molar-refractivity contribution >= 4 is 0 Å². The predicted octanol–water partition coefficient (Wildman–Crippen LogP) is 2.60. The van der Waals surface area contributed by atoms with Gasteiger partial charge in [-0.3, -0.25) is 0 Å². The van der Waals surface area contributed by atoms with Gasteiger partial charge in [0, 0.05) is 0 Å². The van der Waals surface area contributed by atoms with Crippen LogP contribution in [-0.2, 0) is 4.74 Å². The van der Waals surface area contributed by atoms with Crippen LogP contribution in [0.15, 0.2) is 0 Å². The van der Waals surface area contributed by atoms with Crippen molar-refractivity contribution in [3.05, 3.63) is 0 Å². The highest BCUT2D eigenvalue weighted by atomic mass is 16.6. The Morgan fingerprint density at radius 1 is 1.36 bits per heavy atom. The summed E-state index contributed by atoms with van der Waals surface area (Å²) in [5, 5.41) is 0. The highest BCUT2D eigenvalue weighted by Crippen LogP contribution is 2.42. The summed E-state index contributed by atoms with van der Waals surface area (Å²) in [4.78, 5) is 0. The average Bonchev–Trinajstić information content (AvgIpc) is 2.65. The largest absolute Gasteiger partial charge is 0.373 e. The standard InChI is InChI=1S/C10H18O/c1-10(2)5-3-4-8(6-10)9-7-11-9/h8-9H,3-7H2,1-2H3/t8?,9-/m0/s1. The van der Waals surface area contributed by atoms with Crippen LogP contribution in [0.25, 0.3) is 0 Å². The minimum Gasteiger partial charge on any atom is -0.373 e. The fourth-order valence-corrected chi connectivity index (χ4v) is 2.40. The van der Waals surface area contributed by atoms with Gasteiger partial charge < -0.3 is 4.74 Å². The first-order valence-electron chi connectivity index (χ1n) is 4.79. The first kappa shape index (κ1) is 7.60. The molecule has 0 N–H and O–H groups in total. The van der Waals surface area contributed by atoms with Crippen molar-refractivity contribution in [2.45, 2.75) is 45.6 Å². The minimum absolute atomic E-state index is 0.592. The van der Waals surface area contributed by atoms with Crippen LogP contribution >= 0.6 is 0 Å². The van der Waals surface area contributed by atoms with E-state index < -0.39 is 0 Å². The van der Waals surface area contributed by atoms with Crippen molar-refractivity contribution in [3.63, 3.8) is 0 Å². The van der Waals surface area contributed by atoms with E-state index in [1.807, 2.05) is 0 Å². The highest BCUT2D eigenvalue weighted by Gasteiger charge is 2.38. The Morgan fingerprint density at radius 3 is 2.64 bits per heavy atom. The number of hydrogen-bond donors (Lipinski definition) is 0. The van der Waals surface area contributed by atoms with Crippen molar-refractivity contribution in [2.24, 2.45) is 11.3 Å². The molecule has 2 rings (SSSR count). The molecular formula is C10H18O. The first-order valence-corrected chi connectivity index (χ1v) is 4.79. The number of rotatable bonds is 1. The molecule has 1 aliphatic heterocycles. The molecule has 1 saturated heterocycles. The fourth-order valence-electron chi connectivity index (χ4n) is 2.40. The Bertz CT molecular complexity index is 147. The Balaban J connectivity index is 1.92. The summed E-state index contributed by atoms with van der Waals surface area (Å²) in [5.41, 5.74) is 0.592. The Hall–Kier alpha value is -0.0400. The molecule has 1 heterocycles. The zero-order chi connectivity index (χ0) is 7.90. The van der Waals surface area contributed by atoms with Gasteiger partial charge >= 0.3 is 0 Å². The zero-order valence-electron chi connectivity index (χ0n) is 7.60. The van der Waals surface area contributed by atoms with Crippen LogP contribution in [0.5, 0.6) is 0 Å². The molecule has 11 heavy (non-hydrogen) atoms. The summed E-state index contributed by atoms with van der Waals surface area (Å²) in [7, 11) is 0. The van der Waals surface area contributed by atoms with Gasteiger partial charge in [0.2, 0.25) is 0 Å². The quantitative estimate of drug-likeness (QED) is 0.529. The molecule has 2 fully saturated rings. The molecule has 1 saturated carbocycles. The molecule has 1 heteroatoms. The van der Waals surface area contributed by atoms with Crippen molar-refractivity contribution in [2.75, 3.05) is 6.61 Å². The maximum absolute atomic E-state index is 5.34. The molecule has 0 amide bonds. The van der Waals surface area contributed by atoms with E-state index in [1.54, 1.807) is 0 Å². The van der Waals surface area contributed by atoms with Gasteiger partial charge in [-0.25, -0.2) is 0 Å². The second-order valence-electron chi connectivity index (χ2n) is 4.89. The van der Waals surface area contributed by atoms with E-state index in [1.165, 1.54) is 25.7 Å². The first-order chi connectivity index (χ1) is 5.17. The van der Waals surface area contributed by atoms with Crippen molar-refractivity contribution in [1.29, 1.82) is 0 Å². The van der Waals surface area contributed by atoms with Crippen molar-refractivity contribution in [3.8, 4) is 0 Å². The third-order valence-electron chi connectivity index (χ3n) is 3.13. The van der Waals surface area contributed by atoms with E-state index >= 15 is 0 Å². The molecular weight excluding hydrogens is 136 g/mol. The van der Waals surface area contributed by atoms with Crippen molar-refractivity contribution < 1.29 is 4.74 Å². The summed E-state index contributed by atoms with van der Waals surface area (Å²) in [5.74, 6) is 0.888. The molecule has 64 valence electrons. The highest BCUT2D eigenvalue weighted by molar-refractivity contribution is 4.87. The lowest BCUT2D eigenvalue weighted by Crippen LogP contribution is -2.25. The van der Waals surface area contributed by atoms with Gasteiger partial charge in [-0.1, -0.05) is 20.3 Å². The molecule has 1 aliphatic carbocycles. The maximum atomic E-state index is 5.34. The lowest BCUT2D eigenvalue weighted by atomic mass is 9.71. The van der Waals surface area contributed by atoms with Crippen LogP contribution in [0.4, 0.5) is 0 Å². The molecule has 2 aliphatic rings. The smallest absolute Gasteiger partial charge is 0.0838 e. The minimum atomic E-state index is 0.592. The molecule has 0 spiro atoms. The number of ether oxygens (including phenoxy) is 1. The molecule has 0 aromatic rings. The summed E-state index contributed by atoms with van der Waals surface area (Å²) < 4.78 is 5.34. The average molecular weight is 154 g/mol.